The first-order chi connectivity index (χ1) is 13.4. The van der Waals surface area contributed by atoms with Crippen LogP contribution in [0.4, 0.5) is 11.5 Å². The van der Waals surface area contributed by atoms with Crippen LogP contribution in [0.15, 0.2) is 12.3 Å². The highest BCUT2D eigenvalue weighted by Crippen LogP contribution is 2.42. The first kappa shape index (κ1) is 18.7. The van der Waals surface area contributed by atoms with Crippen molar-refractivity contribution >= 4 is 29.1 Å². The normalized spacial score (nSPS) is 22.9. The predicted octanol–water partition coefficient (Wildman–Crippen LogP) is 2.25. The van der Waals surface area contributed by atoms with E-state index in [0.29, 0.717) is 35.4 Å². The molecule has 2 aliphatic rings. The molecule has 1 N–H and O–H groups in total. The quantitative estimate of drug-likeness (QED) is 0.768. The first-order valence-corrected chi connectivity index (χ1v) is 9.49. The fourth-order valence-corrected chi connectivity index (χ4v) is 3.89. The average Bonchev–Trinajstić information content (AvgIpc) is 2.98. The van der Waals surface area contributed by atoms with Crippen LogP contribution in [-0.4, -0.2) is 57.5 Å². The maximum atomic E-state index is 11.9. The van der Waals surface area contributed by atoms with Crippen LogP contribution >= 0.6 is 11.6 Å². The van der Waals surface area contributed by atoms with Gasteiger partial charge in [0, 0.05) is 25.2 Å². The van der Waals surface area contributed by atoms with Gasteiger partial charge in [-0.15, -0.1) is 10.2 Å². The maximum Gasteiger partial charge on any atom is 0.341 e. The number of fused-ring (bicyclic) bond motifs is 3. The molecule has 28 heavy (non-hydrogen) atoms. The van der Waals surface area contributed by atoms with E-state index in [1.54, 1.807) is 13.8 Å². The molecule has 10 heteroatoms. The van der Waals surface area contributed by atoms with E-state index in [-0.39, 0.29) is 17.7 Å². The molecule has 0 saturated carbocycles. The molecule has 2 aromatic heterocycles. The smallest absolute Gasteiger partial charge is 0.341 e. The van der Waals surface area contributed by atoms with E-state index in [1.165, 1.54) is 6.20 Å². The van der Waals surface area contributed by atoms with Crippen molar-refractivity contribution in [2.75, 3.05) is 29.9 Å². The summed E-state index contributed by atoms with van der Waals surface area (Å²) in [5.41, 5.74) is 1.63. The Hall–Kier alpha value is -2.68. The molecule has 0 spiro atoms. The van der Waals surface area contributed by atoms with Crippen LogP contribution in [0.25, 0.3) is 0 Å². The van der Waals surface area contributed by atoms with Crippen molar-refractivity contribution in [3.05, 3.63) is 28.7 Å². The molecule has 0 radical (unpaired) electrons. The summed E-state index contributed by atoms with van der Waals surface area (Å²) in [5, 5.41) is 11.7. The lowest BCUT2D eigenvalue weighted by Crippen LogP contribution is -2.50. The van der Waals surface area contributed by atoms with Crippen LogP contribution < -0.4 is 15.0 Å². The van der Waals surface area contributed by atoms with Crippen molar-refractivity contribution in [2.24, 2.45) is 0 Å². The van der Waals surface area contributed by atoms with Gasteiger partial charge in [0.2, 0.25) is 0 Å². The van der Waals surface area contributed by atoms with E-state index >= 15 is 0 Å². The van der Waals surface area contributed by atoms with Gasteiger partial charge in [-0.1, -0.05) is 11.6 Å². The van der Waals surface area contributed by atoms with E-state index in [2.05, 4.69) is 37.3 Å². The van der Waals surface area contributed by atoms with Crippen molar-refractivity contribution in [1.82, 2.24) is 20.2 Å². The number of carbonyl (C=O) groups excluding carboxylic acids is 1. The highest BCUT2D eigenvalue weighted by atomic mass is 35.5. The molecule has 148 valence electrons. The second-order valence-corrected chi connectivity index (χ2v) is 7.57. The highest BCUT2D eigenvalue weighted by molar-refractivity contribution is 6.29. The van der Waals surface area contributed by atoms with Gasteiger partial charge >= 0.3 is 12.0 Å². The number of ether oxygens (including phenoxy) is 2. The number of nitrogens with zero attached hydrogens (tertiary/aromatic N) is 5. The molecule has 1 fully saturated rings. The average molecular weight is 405 g/mol. The Morgan fingerprint density at radius 1 is 1.46 bits per heavy atom. The Morgan fingerprint density at radius 3 is 3.04 bits per heavy atom. The SMILES string of the molecule is CCOC(=O)c1cnc(O[C@H]2CN3c4cc(Cl)nnc4NC[C@@]3(C)C2)nc1C. The molecular formula is C18H21ClN6O3. The number of halogens is 1. The van der Waals surface area contributed by atoms with Gasteiger partial charge in [-0.25, -0.2) is 9.78 Å². The zero-order valence-corrected chi connectivity index (χ0v) is 16.7. The fraction of sp³-hybridized carbons (Fsp3) is 0.500. The Balaban J connectivity index is 1.52. The van der Waals surface area contributed by atoms with Gasteiger partial charge in [-0.2, -0.15) is 4.98 Å². The number of esters is 1. The summed E-state index contributed by atoms with van der Waals surface area (Å²) in [7, 11) is 0. The van der Waals surface area contributed by atoms with Crippen LogP contribution in [0.2, 0.25) is 5.15 Å². The second kappa shape index (κ2) is 7.05. The molecule has 2 aromatic rings. The van der Waals surface area contributed by atoms with Crippen molar-refractivity contribution in [3.8, 4) is 6.01 Å². The molecule has 0 aliphatic carbocycles. The highest BCUT2D eigenvalue weighted by Gasteiger charge is 2.47. The van der Waals surface area contributed by atoms with Gasteiger partial charge in [-0.05, 0) is 20.8 Å². The van der Waals surface area contributed by atoms with Gasteiger partial charge in [0.25, 0.3) is 0 Å². The van der Waals surface area contributed by atoms with Crippen LogP contribution in [0.3, 0.4) is 0 Å². The molecular weight excluding hydrogens is 384 g/mol. The molecule has 0 amide bonds. The number of carbonyl (C=O) groups is 1. The molecule has 2 atom stereocenters. The predicted molar refractivity (Wildman–Crippen MR) is 103 cm³/mol. The number of rotatable bonds is 4. The summed E-state index contributed by atoms with van der Waals surface area (Å²) in [6.45, 7) is 7.33. The number of aromatic nitrogens is 4. The third-order valence-electron chi connectivity index (χ3n) is 5.10. The number of hydrogen-bond donors (Lipinski definition) is 1. The topological polar surface area (TPSA) is 102 Å². The van der Waals surface area contributed by atoms with Crippen LogP contribution in [0.5, 0.6) is 6.01 Å². The Kier molecular flexibility index (Phi) is 4.70. The molecule has 4 rings (SSSR count). The van der Waals surface area contributed by atoms with Gasteiger partial charge < -0.3 is 19.7 Å². The van der Waals surface area contributed by atoms with Crippen molar-refractivity contribution in [1.29, 1.82) is 0 Å². The van der Waals surface area contributed by atoms with Crippen molar-refractivity contribution in [2.45, 2.75) is 38.8 Å². The second-order valence-electron chi connectivity index (χ2n) is 7.18. The summed E-state index contributed by atoms with van der Waals surface area (Å²) in [6, 6.07) is 2.06. The van der Waals surface area contributed by atoms with E-state index in [9.17, 15) is 4.79 Å². The molecule has 0 unspecified atom stereocenters. The molecule has 0 aromatic carbocycles. The lowest BCUT2D eigenvalue weighted by atomic mass is 9.96. The summed E-state index contributed by atoms with van der Waals surface area (Å²) in [5.74, 6) is 0.283. The number of anilines is 2. The summed E-state index contributed by atoms with van der Waals surface area (Å²) in [4.78, 5) is 22.7. The molecule has 2 aliphatic heterocycles. The third-order valence-corrected chi connectivity index (χ3v) is 5.29. The minimum atomic E-state index is -0.433. The lowest BCUT2D eigenvalue weighted by molar-refractivity contribution is 0.0524. The third kappa shape index (κ3) is 3.30. The molecule has 1 saturated heterocycles. The van der Waals surface area contributed by atoms with Gasteiger partial charge in [0.1, 0.15) is 6.10 Å². The first-order valence-electron chi connectivity index (χ1n) is 9.12. The van der Waals surface area contributed by atoms with Gasteiger partial charge in [-0.3, -0.25) is 0 Å². The van der Waals surface area contributed by atoms with Crippen molar-refractivity contribution in [3.63, 3.8) is 0 Å². The Labute approximate surface area is 167 Å². The van der Waals surface area contributed by atoms with Crippen molar-refractivity contribution < 1.29 is 14.3 Å². The van der Waals surface area contributed by atoms with E-state index < -0.39 is 5.97 Å². The fourth-order valence-electron chi connectivity index (χ4n) is 3.75. The number of hydrogen-bond acceptors (Lipinski definition) is 9. The number of nitrogens with one attached hydrogen (secondary N) is 1. The van der Waals surface area contributed by atoms with E-state index in [0.717, 1.165) is 18.7 Å². The van der Waals surface area contributed by atoms with E-state index in [1.807, 2.05) is 6.07 Å². The lowest BCUT2D eigenvalue weighted by Gasteiger charge is -2.41. The standard InChI is InChI=1S/C18H21ClN6O3/c1-4-27-16(26)12-7-20-17(22-10(12)2)28-11-6-18(3)9-21-15-13(25(18)8-11)5-14(19)23-24-15/h5,7,11H,4,6,8-9H2,1-3H3,(H,21,24)/t11-,18-/m1/s1. The molecule has 4 heterocycles. The van der Waals surface area contributed by atoms with Crippen LogP contribution in [-0.2, 0) is 4.74 Å². The summed E-state index contributed by atoms with van der Waals surface area (Å²) in [6.07, 6.45) is 2.12. The molecule has 0 bridgehead atoms. The maximum absolute atomic E-state index is 11.9. The van der Waals surface area contributed by atoms with Gasteiger partial charge in [0.15, 0.2) is 11.0 Å². The minimum Gasteiger partial charge on any atom is -0.462 e. The minimum absolute atomic E-state index is 0.113. The summed E-state index contributed by atoms with van der Waals surface area (Å²) < 4.78 is 11.0. The number of aryl methyl sites for hydroxylation is 1. The zero-order valence-electron chi connectivity index (χ0n) is 15.9. The summed E-state index contributed by atoms with van der Waals surface area (Å²) >= 11 is 6.04. The van der Waals surface area contributed by atoms with Crippen LogP contribution in [0.1, 0.15) is 36.3 Å². The van der Waals surface area contributed by atoms with Gasteiger partial charge in [0.05, 0.1) is 35.6 Å². The Morgan fingerprint density at radius 2 is 2.29 bits per heavy atom. The van der Waals surface area contributed by atoms with Crippen LogP contribution in [0, 0.1) is 6.92 Å². The van der Waals surface area contributed by atoms with E-state index in [4.69, 9.17) is 21.1 Å². The Bertz CT molecular complexity index is 926. The monoisotopic (exact) mass is 404 g/mol. The largest absolute Gasteiger partial charge is 0.462 e. The zero-order chi connectivity index (χ0) is 19.9. The molecule has 9 nitrogen and oxygen atoms in total.